The SMILES string of the molecule is Cc1cccc(Cn2cc(C(=O)Nc3ccccc3C)ccc2=O)c1. The largest absolute Gasteiger partial charge is 0.322 e. The Labute approximate surface area is 146 Å². The summed E-state index contributed by atoms with van der Waals surface area (Å²) in [5.41, 5.74) is 4.25. The van der Waals surface area contributed by atoms with E-state index in [4.69, 9.17) is 0 Å². The molecule has 0 unspecified atom stereocenters. The van der Waals surface area contributed by atoms with Gasteiger partial charge in [-0.15, -0.1) is 0 Å². The number of anilines is 1. The van der Waals surface area contributed by atoms with Crippen molar-refractivity contribution >= 4 is 11.6 Å². The van der Waals surface area contributed by atoms with Gasteiger partial charge in [-0.1, -0.05) is 48.0 Å². The van der Waals surface area contributed by atoms with Crippen molar-refractivity contribution < 1.29 is 4.79 Å². The van der Waals surface area contributed by atoms with Crippen LogP contribution >= 0.6 is 0 Å². The molecule has 1 aromatic heterocycles. The fourth-order valence-electron chi connectivity index (χ4n) is 2.70. The van der Waals surface area contributed by atoms with Gasteiger partial charge in [-0.25, -0.2) is 0 Å². The van der Waals surface area contributed by atoms with Gasteiger partial charge < -0.3 is 9.88 Å². The van der Waals surface area contributed by atoms with Crippen LogP contribution in [0.2, 0.25) is 0 Å². The number of para-hydroxylation sites is 1. The highest BCUT2D eigenvalue weighted by molar-refractivity contribution is 6.04. The number of hydrogen-bond donors (Lipinski definition) is 1. The normalized spacial score (nSPS) is 10.5. The average Bonchev–Trinajstić information content (AvgIpc) is 2.59. The quantitative estimate of drug-likeness (QED) is 0.791. The van der Waals surface area contributed by atoms with Crippen LogP contribution in [0, 0.1) is 13.8 Å². The summed E-state index contributed by atoms with van der Waals surface area (Å²) in [6.45, 7) is 4.39. The van der Waals surface area contributed by atoms with Crippen LogP contribution in [0.3, 0.4) is 0 Å². The van der Waals surface area contributed by atoms with Crippen molar-refractivity contribution in [3.63, 3.8) is 0 Å². The number of aryl methyl sites for hydroxylation is 2. The number of nitrogens with zero attached hydrogens (tertiary/aromatic N) is 1. The van der Waals surface area contributed by atoms with Gasteiger partial charge in [0.25, 0.3) is 11.5 Å². The maximum atomic E-state index is 12.5. The summed E-state index contributed by atoms with van der Waals surface area (Å²) in [4.78, 5) is 24.6. The number of benzene rings is 2. The maximum Gasteiger partial charge on any atom is 0.257 e. The molecule has 2 aromatic carbocycles. The van der Waals surface area contributed by atoms with E-state index in [1.165, 1.54) is 6.07 Å². The number of rotatable bonds is 4. The summed E-state index contributed by atoms with van der Waals surface area (Å²) in [5, 5.41) is 2.89. The van der Waals surface area contributed by atoms with Gasteiger partial charge in [-0.3, -0.25) is 9.59 Å². The zero-order valence-electron chi connectivity index (χ0n) is 14.3. The molecule has 3 rings (SSSR count). The molecule has 3 aromatic rings. The first-order valence-electron chi connectivity index (χ1n) is 8.16. The van der Waals surface area contributed by atoms with Crippen LogP contribution in [0.15, 0.2) is 71.7 Å². The lowest BCUT2D eigenvalue weighted by molar-refractivity contribution is 0.102. The number of nitrogens with one attached hydrogen (secondary N) is 1. The Morgan fingerprint density at radius 2 is 1.80 bits per heavy atom. The number of amides is 1. The van der Waals surface area contributed by atoms with Crippen molar-refractivity contribution in [1.29, 1.82) is 0 Å². The molecule has 1 amide bonds. The zero-order valence-corrected chi connectivity index (χ0v) is 14.3. The molecular formula is C21H20N2O2. The van der Waals surface area contributed by atoms with E-state index in [0.717, 1.165) is 22.4 Å². The summed E-state index contributed by atoms with van der Waals surface area (Å²) in [7, 11) is 0. The van der Waals surface area contributed by atoms with Crippen LogP contribution in [0.25, 0.3) is 0 Å². The maximum absolute atomic E-state index is 12.5. The van der Waals surface area contributed by atoms with Crippen LogP contribution in [0.4, 0.5) is 5.69 Å². The number of aromatic nitrogens is 1. The van der Waals surface area contributed by atoms with E-state index < -0.39 is 0 Å². The second kappa shape index (κ2) is 7.18. The van der Waals surface area contributed by atoms with E-state index in [2.05, 4.69) is 5.32 Å². The molecule has 0 saturated carbocycles. The molecule has 4 nitrogen and oxygen atoms in total. The molecule has 4 heteroatoms. The van der Waals surface area contributed by atoms with Gasteiger partial charge >= 0.3 is 0 Å². The monoisotopic (exact) mass is 332 g/mol. The van der Waals surface area contributed by atoms with Crippen LogP contribution in [-0.4, -0.2) is 10.5 Å². The number of carbonyl (C=O) groups excluding carboxylic acids is 1. The van der Waals surface area contributed by atoms with Crippen molar-refractivity contribution in [3.05, 3.63) is 99.5 Å². The van der Waals surface area contributed by atoms with Gasteiger partial charge in [0.1, 0.15) is 0 Å². The third-order valence-corrected chi connectivity index (χ3v) is 4.07. The molecule has 1 heterocycles. The smallest absolute Gasteiger partial charge is 0.257 e. The zero-order chi connectivity index (χ0) is 17.8. The molecule has 1 N–H and O–H groups in total. The molecule has 0 bridgehead atoms. The highest BCUT2D eigenvalue weighted by Gasteiger charge is 2.09. The molecular weight excluding hydrogens is 312 g/mol. The predicted octanol–water partition coefficient (Wildman–Crippen LogP) is 3.77. The van der Waals surface area contributed by atoms with Crippen LogP contribution in [-0.2, 0) is 6.54 Å². The molecule has 0 atom stereocenters. The lowest BCUT2D eigenvalue weighted by atomic mass is 10.1. The fourth-order valence-corrected chi connectivity index (χ4v) is 2.70. The molecule has 0 radical (unpaired) electrons. The lowest BCUT2D eigenvalue weighted by Gasteiger charge is -2.11. The highest BCUT2D eigenvalue weighted by Crippen LogP contribution is 2.14. The molecule has 126 valence electrons. The number of carbonyl (C=O) groups is 1. The van der Waals surface area contributed by atoms with E-state index in [1.54, 1.807) is 16.8 Å². The standard InChI is InChI=1S/C21H20N2O2/c1-15-6-5-8-17(12-15)13-23-14-18(10-11-20(23)24)21(25)22-19-9-4-3-7-16(19)2/h3-12,14H,13H2,1-2H3,(H,22,25). The van der Waals surface area contributed by atoms with Crippen LogP contribution < -0.4 is 10.9 Å². The summed E-state index contributed by atoms with van der Waals surface area (Å²) in [6.07, 6.45) is 1.61. The highest BCUT2D eigenvalue weighted by atomic mass is 16.2. The van der Waals surface area contributed by atoms with Gasteiger partial charge in [-0.05, 0) is 37.1 Å². The van der Waals surface area contributed by atoms with E-state index >= 15 is 0 Å². The Kier molecular flexibility index (Phi) is 4.80. The molecule has 25 heavy (non-hydrogen) atoms. The van der Waals surface area contributed by atoms with E-state index in [9.17, 15) is 9.59 Å². The van der Waals surface area contributed by atoms with Crippen molar-refractivity contribution in [2.75, 3.05) is 5.32 Å². The minimum atomic E-state index is -0.229. The van der Waals surface area contributed by atoms with Crippen molar-refractivity contribution in [2.45, 2.75) is 20.4 Å². The minimum absolute atomic E-state index is 0.131. The first-order valence-corrected chi connectivity index (χ1v) is 8.16. The van der Waals surface area contributed by atoms with Gasteiger partial charge in [-0.2, -0.15) is 0 Å². The molecule has 0 saturated heterocycles. The van der Waals surface area contributed by atoms with Gasteiger partial charge in [0.2, 0.25) is 0 Å². The second-order valence-corrected chi connectivity index (χ2v) is 6.14. The van der Waals surface area contributed by atoms with E-state index in [0.29, 0.717) is 12.1 Å². The Balaban J connectivity index is 1.85. The van der Waals surface area contributed by atoms with Crippen molar-refractivity contribution in [3.8, 4) is 0 Å². The first-order chi connectivity index (χ1) is 12.0. The van der Waals surface area contributed by atoms with E-state index in [-0.39, 0.29) is 11.5 Å². The minimum Gasteiger partial charge on any atom is -0.322 e. The Morgan fingerprint density at radius 1 is 1.00 bits per heavy atom. The van der Waals surface area contributed by atoms with Crippen molar-refractivity contribution in [1.82, 2.24) is 4.57 Å². The Bertz CT molecular complexity index is 973. The second-order valence-electron chi connectivity index (χ2n) is 6.14. The van der Waals surface area contributed by atoms with Gasteiger partial charge in [0, 0.05) is 18.0 Å². The van der Waals surface area contributed by atoms with Gasteiger partial charge in [0.05, 0.1) is 12.1 Å². The average molecular weight is 332 g/mol. The summed E-state index contributed by atoms with van der Waals surface area (Å²) in [6, 6.07) is 18.6. The molecule has 0 aliphatic carbocycles. The van der Waals surface area contributed by atoms with Crippen LogP contribution in [0.5, 0.6) is 0 Å². The summed E-state index contributed by atoms with van der Waals surface area (Å²) in [5.74, 6) is -0.229. The molecule has 0 aliphatic rings. The fraction of sp³-hybridized carbons (Fsp3) is 0.143. The molecule has 0 fully saturated rings. The Morgan fingerprint density at radius 3 is 2.56 bits per heavy atom. The van der Waals surface area contributed by atoms with Crippen molar-refractivity contribution in [2.24, 2.45) is 0 Å². The van der Waals surface area contributed by atoms with Gasteiger partial charge in [0.15, 0.2) is 0 Å². The summed E-state index contributed by atoms with van der Waals surface area (Å²) < 4.78 is 1.56. The topological polar surface area (TPSA) is 51.1 Å². The predicted molar refractivity (Wildman–Crippen MR) is 100 cm³/mol. The third kappa shape index (κ3) is 4.04. The number of pyridine rings is 1. The third-order valence-electron chi connectivity index (χ3n) is 4.07. The Hall–Kier alpha value is -3.14. The molecule has 0 aliphatic heterocycles. The number of hydrogen-bond acceptors (Lipinski definition) is 2. The lowest BCUT2D eigenvalue weighted by Crippen LogP contribution is -2.22. The van der Waals surface area contributed by atoms with Crippen LogP contribution in [0.1, 0.15) is 27.0 Å². The summed E-state index contributed by atoms with van der Waals surface area (Å²) >= 11 is 0. The van der Waals surface area contributed by atoms with E-state index in [1.807, 2.05) is 62.4 Å². The molecule has 0 spiro atoms. The first kappa shape index (κ1) is 16.7.